The lowest BCUT2D eigenvalue weighted by atomic mass is 10.1. The van der Waals surface area contributed by atoms with Crippen molar-refractivity contribution in [3.63, 3.8) is 0 Å². The fourth-order valence-electron chi connectivity index (χ4n) is 3.22. The molecule has 0 bridgehead atoms. The van der Waals surface area contributed by atoms with Crippen LogP contribution in [0.1, 0.15) is 43.9 Å². The minimum atomic E-state index is -0.633. The summed E-state index contributed by atoms with van der Waals surface area (Å²) in [5, 5.41) is 2.96. The molecule has 6 heteroatoms. The Morgan fingerprint density at radius 3 is 2.16 bits per heavy atom. The van der Waals surface area contributed by atoms with Gasteiger partial charge in [-0.25, -0.2) is 0 Å². The van der Waals surface area contributed by atoms with Crippen molar-refractivity contribution in [1.82, 2.24) is 10.2 Å². The van der Waals surface area contributed by atoms with Crippen molar-refractivity contribution in [2.75, 3.05) is 13.7 Å². The Hall–Kier alpha value is -3.02. The van der Waals surface area contributed by atoms with Crippen LogP contribution in [0.3, 0.4) is 0 Å². The SMILES string of the molecule is CC[C@H](C)NC(=O)[C@H](C)N(Cc1ccc(OC)cc1)C(=O)COc1cc(C)cc(C)c1. The van der Waals surface area contributed by atoms with Crippen LogP contribution in [0, 0.1) is 13.8 Å². The topological polar surface area (TPSA) is 67.9 Å². The normalized spacial score (nSPS) is 12.6. The molecule has 6 nitrogen and oxygen atoms in total. The predicted octanol–water partition coefficient (Wildman–Crippen LogP) is 4.02. The monoisotopic (exact) mass is 426 g/mol. The summed E-state index contributed by atoms with van der Waals surface area (Å²) in [6.07, 6.45) is 0.820. The van der Waals surface area contributed by atoms with Gasteiger partial charge in [-0.1, -0.05) is 25.1 Å². The molecule has 0 saturated heterocycles. The number of rotatable bonds is 10. The molecule has 31 heavy (non-hydrogen) atoms. The number of methoxy groups -OCH3 is 1. The highest BCUT2D eigenvalue weighted by Crippen LogP contribution is 2.18. The molecule has 0 aliphatic heterocycles. The number of hydrogen-bond donors (Lipinski definition) is 1. The maximum Gasteiger partial charge on any atom is 0.261 e. The first kappa shape index (κ1) is 24.3. The number of nitrogens with one attached hydrogen (secondary N) is 1. The van der Waals surface area contributed by atoms with Gasteiger partial charge in [-0.3, -0.25) is 9.59 Å². The van der Waals surface area contributed by atoms with Crippen molar-refractivity contribution in [2.24, 2.45) is 0 Å². The summed E-state index contributed by atoms with van der Waals surface area (Å²) in [5.41, 5.74) is 3.04. The van der Waals surface area contributed by atoms with Crippen molar-refractivity contribution in [2.45, 2.75) is 59.7 Å². The van der Waals surface area contributed by atoms with Gasteiger partial charge < -0.3 is 19.7 Å². The first-order chi connectivity index (χ1) is 14.7. The summed E-state index contributed by atoms with van der Waals surface area (Å²) >= 11 is 0. The van der Waals surface area contributed by atoms with Crippen LogP contribution in [-0.4, -0.2) is 42.5 Å². The Kier molecular flexibility index (Phi) is 8.91. The van der Waals surface area contributed by atoms with Crippen molar-refractivity contribution in [3.05, 3.63) is 59.2 Å². The first-order valence-electron chi connectivity index (χ1n) is 10.7. The van der Waals surface area contributed by atoms with Crippen LogP contribution in [0.15, 0.2) is 42.5 Å². The second-order valence-electron chi connectivity index (χ2n) is 7.98. The number of carbonyl (C=O) groups is 2. The lowest BCUT2D eigenvalue weighted by Gasteiger charge is -2.29. The molecule has 0 fully saturated rings. The third kappa shape index (κ3) is 7.31. The van der Waals surface area contributed by atoms with Gasteiger partial charge >= 0.3 is 0 Å². The number of nitrogens with zero attached hydrogens (tertiary/aromatic N) is 1. The van der Waals surface area contributed by atoms with Gasteiger partial charge in [-0.05, 0) is 75.1 Å². The molecule has 0 aliphatic carbocycles. The van der Waals surface area contributed by atoms with Crippen molar-refractivity contribution < 1.29 is 19.1 Å². The smallest absolute Gasteiger partial charge is 0.261 e. The van der Waals surface area contributed by atoms with Crippen molar-refractivity contribution >= 4 is 11.8 Å². The number of carbonyl (C=O) groups excluding carboxylic acids is 2. The summed E-state index contributed by atoms with van der Waals surface area (Å²) in [7, 11) is 1.61. The van der Waals surface area contributed by atoms with E-state index in [0.29, 0.717) is 12.3 Å². The van der Waals surface area contributed by atoms with Crippen LogP contribution >= 0.6 is 0 Å². The van der Waals surface area contributed by atoms with Crippen LogP contribution in [0.2, 0.25) is 0 Å². The maximum absolute atomic E-state index is 13.1. The third-order valence-corrected chi connectivity index (χ3v) is 5.24. The highest BCUT2D eigenvalue weighted by atomic mass is 16.5. The number of benzene rings is 2. The van der Waals surface area contributed by atoms with Gasteiger partial charge in [0, 0.05) is 12.6 Å². The molecule has 2 rings (SSSR count). The Bertz CT molecular complexity index is 859. The Morgan fingerprint density at radius 1 is 1.00 bits per heavy atom. The molecule has 0 saturated carbocycles. The lowest BCUT2D eigenvalue weighted by molar-refractivity contribution is -0.142. The Balaban J connectivity index is 2.17. The molecule has 2 atom stereocenters. The zero-order chi connectivity index (χ0) is 23.0. The average molecular weight is 427 g/mol. The summed E-state index contributed by atoms with van der Waals surface area (Å²) < 4.78 is 11.0. The minimum Gasteiger partial charge on any atom is -0.497 e. The molecular formula is C25H34N2O4. The number of amides is 2. The van der Waals surface area contributed by atoms with Gasteiger partial charge in [0.15, 0.2) is 6.61 Å². The highest BCUT2D eigenvalue weighted by molar-refractivity contribution is 5.88. The first-order valence-corrected chi connectivity index (χ1v) is 10.7. The molecular weight excluding hydrogens is 392 g/mol. The Morgan fingerprint density at radius 2 is 1.61 bits per heavy atom. The fraction of sp³-hybridized carbons (Fsp3) is 0.440. The molecule has 0 aliphatic rings. The van der Waals surface area contributed by atoms with E-state index in [1.165, 1.54) is 0 Å². The quantitative estimate of drug-likeness (QED) is 0.623. The van der Waals surface area contributed by atoms with Crippen LogP contribution in [0.5, 0.6) is 11.5 Å². The summed E-state index contributed by atoms with van der Waals surface area (Å²) in [5.74, 6) is 0.957. The standard InChI is InChI=1S/C25H34N2O4/c1-7-19(4)26-25(29)20(5)27(15-21-8-10-22(30-6)11-9-21)24(28)16-31-23-13-17(2)12-18(3)14-23/h8-14,19-20H,7,15-16H2,1-6H3,(H,26,29)/t19-,20-/m0/s1. The number of ether oxygens (including phenoxy) is 2. The van der Waals surface area contributed by atoms with E-state index in [0.717, 1.165) is 28.9 Å². The molecule has 1 N–H and O–H groups in total. The van der Waals surface area contributed by atoms with E-state index in [1.807, 2.05) is 70.2 Å². The zero-order valence-electron chi connectivity index (χ0n) is 19.4. The number of aryl methyl sites for hydroxylation is 2. The molecule has 0 unspecified atom stereocenters. The third-order valence-electron chi connectivity index (χ3n) is 5.24. The molecule has 0 radical (unpaired) electrons. The fourth-order valence-corrected chi connectivity index (χ4v) is 3.22. The molecule has 168 valence electrons. The van der Waals surface area contributed by atoms with E-state index in [4.69, 9.17) is 9.47 Å². The van der Waals surface area contributed by atoms with Crippen LogP contribution in [0.25, 0.3) is 0 Å². The average Bonchev–Trinajstić information content (AvgIpc) is 2.74. The van der Waals surface area contributed by atoms with Crippen molar-refractivity contribution in [3.8, 4) is 11.5 Å². The van der Waals surface area contributed by atoms with Crippen LogP contribution in [-0.2, 0) is 16.1 Å². The summed E-state index contributed by atoms with van der Waals surface area (Å²) in [6, 6.07) is 12.7. The van der Waals surface area contributed by atoms with Gasteiger partial charge in [0.25, 0.3) is 5.91 Å². The van der Waals surface area contributed by atoms with Gasteiger partial charge in [0.2, 0.25) is 5.91 Å². The van der Waals surface area contributed by atoms with E-state index < -0.39 is 6.04 Å². The van der Waals surface area contributed by atoms with Gasteiger partial charge in [-0.15, -0.1) is 0 Å². The largest absolute Gasteiger partial charge is 0.497 e. The molecule has 0 aromatic heterocycles. The zero-order valence-corrected chi connectivity index (χ0v) is 19.4. The van der Waals surface area contributed by atoms with Crippen LogP contribution < -0.4 is 14.8 Å². The predicted molar refractivity (Wildman–Crippen MR) is 122 cm³/mol. The second-order valence-corrected chi connectivity index (χ2v) is 7.98. The van der Waals surface area contributed by atoms with Gasteiger partial charge in [0.1, 0.15) is 17.5 Å². The number of hydrogen-bond acceptors (Lipinski definition) is 4. The van der Waals surface area contributed by atoms with E-state index in [-0.39, 0.29) is 24.5 Å². The molecule has 0 spiro atoms. The van der Waals surface area contributed by atoms with Crippen LogP contribution in [0.4, 0.5) is 0 Å². The second kappa shape index (κ2) is 11.4. The lowest BCUT2D eigenvalue weighted by Crippen LogP contribution is -2.50. The molecule has 2 aromatic rings. The van der Waals surface area contributed by atoms with E-state index >= 15 is 0 Å². The molecule has 2 amide bonds. The van der Waals surface area contributed by atoms with E-state index in [1.54, 1.807) is 18.9 Å². The van der Waals surface area contributed by atoms with Crippen molar-refractivity contribution in [1.29, 1.82) is 0 Å². The minimum absolute atomic E-state index is 0.0411. The van der Waals surface area contributed by atoms with E-state index in [2.05, 4.69) is 5.32 Å². The summed E-state index contributed by atoms with van der Waals surface area (Å²) in [6.45, 7) is 9.83. The highest BCUT2D eigenvalue weighted by Gasteiger charge is 2.27. The Labute approximate surface area is 185 Å². The molecule has 0 heterocycles. The maximum atomic E-state index is 13.1. The summed E-state index contributed by atoms with van der Waals surface area (Å²) in [4.78, 5) is 27.4. The van der Waals surface area contributed by atoms with E-state index in [9.17, 15) is 9.59 Å². The van der Waals surface area contributed by atoms with Gasteiger partial charge in [0.05, 0.1) is 7.11 Å². The van der Waals surface area contributed by atoms with Gasteiger partial charge in [-0.2, -0.15) is 0 Å². The molecule has 2 aromatic carbocycles.